The van der Waals surface area contributed by atoms with Crippen molar-refractivity contribution in [2.24, 2.45) is 11.7 Å². The molecule has 0 unspecified atom stereocenters. The van der Waals surface area contributed by atoms with Crippen LogP contribution in [0.1, 0.15) is 46.0 Å². The fraction of sp³-hybridized carbons (Fsp3) is 0.909. The molecule has 0 radical (unpaired) electrons. The largest absolute Gasteiger partial charge is 0.360 e. The Balaban J connectivity index is 2.20. The van der Waals surface area contributed by atoms with E-state index in [1.807, 2.05) is 0 Å². The van der Waals surface area contributed by atoms with Crippen molar-refractivity contribution in [2.75, 3.05) is 0 Å². The zero-order chi connectivity index (χ0) is 10.6. The SMILES string of the molecule is CC(C)C[C@@H](N)OC1CCC(=O)CC1. The molecule has 0 aromatic heterocycles. The highest BCUT2D eigenvalue weighted by molar-refractivity contribution is 5.79. The van der Waals surface area contributed by atoms with E-state index in [2.05, 4.69) is 13.8 Å². The van der Waals surface area contributed by atoms with Gasteiger partial charge in [-0.1, -0.05) is 13.8 Å². The maximum atomic E-state index is 11.0. The predicted octanol–water partition coefficient (Wildman–Crippen LogP) is 1.85. The molecule has 1 fully saturated rings. The van der Waals surface area contributed by atoms with Gasteiger partial charge in [0.15, 0.2) is 0 Å². The van der Waals surface area contributed by atoms with Crippen LogP contribution in [0, 0.1) is 5.92 Å². The van der Waals surface area contributed by atoms with Crippen LogP contribution >= 0.6 is 0 Å². The number of rotatable bonds is 4. The van der Waals surface area contributed by atoms with E-state index in [0.717, 1.165) is 19.3 Å². The molecule has 0 aromatic carbocycles. The molecule has 1 rings (SSSR count). The molecule has 82 valence electrons. The first kappa shape index (κ1) is 11.7. The van der Waals surface area contributed by atoms with Gasteiger partial charge in [-0.3, -0.25) is 4.79 Å². The van der Waals surface area contributed by atoms with Crippen LogP contribution < -0.4 is 5.73 Å². The second kappa shape index (κ2) is 5.47. The molecule has 14 heavy (non-hydrogen) atoms. The summed E-state index contributed by atoms with van der Waals surface area (Å²) in [6.07, 6.45) is 3.98. The molecule has 1 aliphatic carbocycles. The van der Waals surface area contributed by atoms with Gasteiger partial charge >= 0.3 is 0 Å². The van der Waals surface area contributed by atoms with E-state index < -0.39 is 0 Å². The summed E-state index contributed by atoms with van der Waals surface area (Å²) in [5, 5.41) is 0. The fourth-order valence-corrected chi connectivity index (χ4v) is 1.82. The van der Waals surface area contributed by atoms with Crippen LogP contribution in [0.5, 0.6) is 0 Å². The lowest BCUT2D eigenvalue weighted by Gasteiger charge is -2.25. The average molecular weight is 199 g/mol. The topological polar surface area (TPSA) is 52.3 Å². The zero-order valence-corrected chi connectivity index (χ0v) is 9.16. The highest BCUT2D eigenvalue weighted by Crippen LogP contribution is 2.19. The zero-order valence-electron chi connectivity index (χ0n) is 9.16. The van der Waals surface area contributed by atoms with Gasteiger partial charge < -0.3 is 10.5 Å². The van der Waals surface area contributed by atoms with Gasteiger partial charge in [0, 0.05) is 12.8 Å². The molecule has 3 heteroatoms. The van der Waals surface area contributed by atoms with Crippen LogP contribution in [-0.4, -0.2) is 18.1 Å². The van der Waals surface area contributed by atoms with Crippen LogP contribution in [0.2, 0.25) is 0 Å². The normalized spacial score (nSPS) is 21.6. The van der Waals surface area contributed by atoms with Gasteiger partial charge in [0.05, 0.1) is 6.10 Å². The molecular formula is C11H21NO2. The van der Waals surface area contributed by atoms with Gasteiger partial charge in [0.25, 0.3) is 0 Å². The standard InChI is InChI=1S/C11H21NO2/c1-8(2)7-11(12)14-10-5-3-9(13)4-6-10/h8,10-11H,3-7,12H2,1-2H3/t11-/m0/s1. The molecule has 1 aliphatic rings. The van der Waals surface area contributed by atoms with E-state index in [-0.39, 0.29) is 12.3 Å². The molecule has 0 amide bonds. The predicted molar refractivity (Wildman–Crippen MR) is 55.8 cm³/mol. The van der Waals surface area contributed by atoms with E-state index >= 15 is 0 Å². The molecular weight excluding hydrogens is 178 g/mol. The third-order valence-electron chi connectivity index (χ3n) is 2.56. The van der Waals surface area contributed by atoms with Crippen molar-refractivity contribution < 1.29 is 9.53 Å². The Kier molecular flexibility index (Phi) is 4.55. The summed E-state index contributed by atoms with van der Waals surface area (Å²) in [7, 11) is 0. The summed E-state index contributed by atoms with van der Waals surface area (Å²) in [5.41, 5.74) is 5.83. The van der Waals surface area contributed by atoms with Crippen molar-refractivity contribution >= 4 is 5.78 Å². The smallest absolute Gasteiger partial charge is 0.133 e. The Hall–Kier alpha value is -0.410. The summed E-state index contributed by atoms with van der Waals surface area (Å²) >= 11 is 0. The van der Waals surface area contributed by atoms with Crippen LogP contribution in [0.15, 0.2) is 0 Å². The van der Waals surface area contributed by atoms with Crippen molar-refractivity contribution in [3.8, 4) is 0 Å². The Labute approximate surface area is 86.0 Å². The Morgan fingerprint density at radius 2 is 2.00 bits per heavy atom. The van der Waals surface area contributed by atoms with Gasteiger partial charge in [-0.15, -0.1) is 0 Å². The van der Waals surface area contributed by atoms with Crippen molar-refractivity contribution in [2.45, 2.75) is 58.3 Å². The molecule has 0 aliphatic heterocycles. The molecule has 0 aromatic rings. The van der Waals surface area contributed by atoms with Crippen molar-refractivity contribution in [3.63, 3.8) is 0 Å². The highest BCUT2D eigenvalue weighted by atomic mass is 16.5. The Bertz CT molecular complexity index is 182. The first-order valence-corrected chi connectivity index (χ1v) is 5.50. The molecule has 1 saturated carbocycles. The summed E-state index contributed by atoms with van der Waals surface area (Å²) in [5.74, 6) is 0.928. The first-order valence-electron chi connectivity index (χ1n) is 5.50. The lowest BCUT2D eigenvalue weighted by atomic mass is 9.96. The number of carbonyl (C=O) groups excluding carboxylic acids is 1. The van der Waals surface area contributed by atoms with Crippen molar-refractivity contribution in [1.82, 2.24) is 0 Å². The molecule has 0 heterocycles. The number of hydrogen-bond acceptors (Lipinski definition) is 3. The van der Waals surface area contributed by atoms with Gasteiger partial charge in [0.1, 0.15) is 12.0 Å². The Morgan fingerprint density at radius 1 is 1.43 bits per heavy atom. The average Bonchev–Trinajstić information content (AvgIpc) is 2.07. The van der Waals surface area contributed by atoms with E-state index in [0.29, 0.717) is 24.5 Å². The number of hydrogen-bond donors (Lipinski definition) is 1. The second-order valence-electron chi connectivity index (χ2n) is 4.54. The first-order chi connectivity index (χ1) is 6.58. The van der Waals surface area contributed by atoms with Crippen LogP contribution in [0.3, 0.4) is 0 Å². The maximum absolute atomic E-state index is 11.0. The lowest BCUT2D eigenvalue weighted by Crippen LogP contribution is -2.33. The van der Waals surface area contributed by atoms with Crippen LogP contribution in [-0.2, 0) is 9.53 Å². The molecule has 2 N–H and O–H groups in total. The van der Waals surface area contributed by atoms with Crippen LogP contribution in [0.4, 0.5) is 0 Å². The molecule has 3 nitrogen and oxygen atoms in total. The van der Waals surface area contributed by atoms with Crippen molar-refractivity contribution in [3.05, 3.63) is 0 Å². The summed E-state index contributed by atoms with van der Waals surface area (Å²) in [6.45, 7) is 4.27. The minimum absolute atomic E-state index is 0.159. The molecule has 0 spiro atoms. The number of nitrogens with two attached hydrogens (primary N) is 1. The van der Waals surface area contributed by atoms with E-state index in [4.69, 9.17) is 10.5 Å². The summed E-state index contributed by atoms with van der Waals surface area (Å²) in [4.78, 5) is 11.0. The Morgan fingerprint density at radius 3 is 2.50 bits per heavy atom. The summed E-state index contributed by atoms with van der Waals surface area (Å²) in [6, 6.07) is 0. The van der Waals surface area contributed by atoms with Gasteiger partial charge in [-0.2, -0.15) is 0 Å². The number of ether oxygens (including phenoxy) is 1. The van der Waals surface area contributed by atoms with Crippen LogP contribution in [0.25, 0.3) is 0 Å². The quantitative estimate of drug-likeness (QED) is 0.703. The number of ketones is 1. The molecule has 0 bridgehead atoms. The maximum Gasteiger partial charge on any atom is 0.133 e. The fourth-order valence-electron chi connectivity index (χ4n) is 1.82. The second-order valence-corrected chi connectivity index (χ2v) is 4.54. The van der Waals surface area contributed by atoms with Gasteiger partial charge in [-0.25, -0.2) is 0 Å². The monoisotopic (exact) mass is 199 g/mol. The molecule has 0 saturated heterocycles. The summed E-state index contributed by atoms with van der Waals surface area (Å²) < 4.78 is 5.68. The van der Waals surface area contributed by atoms with Gasteiger partial charge in [-0.05, 0) is 25.2 Å². The van der Waals surface area contributed by atoms with E-state index in [9.17, 15) is 4.79 Å². The number of carbonyl (C=O) groups is 1. The number of Topliss-reactive ketones (excluding diaryl/α,β-unsaturated/α-hetero) is 1. The third kappa shape index (κ3) is 4.20. The van der Waals surface area contributed by atoms with E-state index in [1.54, 1.807) is 0 Å². The minimum atomic E-state index is -0.159. The van der Waals surface area contributed by atoms with Crippen molar-refractivity contribution in [1.29, 1.82) is 0 Å². The van der Waals surface area contributed by atoms with E-state index in [1.165, 1.54) is 0 Å². The minimum Gasteiger partial charge on any atom is -0.360 e. The molecule has 1 atom stereocenters. The third-order valence-corrected chi connectivity index (χ3v) is 2.56. The lowest BCUT2D eigenvalue weighted by molar-refractivity contribution is -0.124. The highest BCUT2D eigenvalue weighted by Gasteiger charge is 2.21. The van der Waals surface area contributed by atoms with Gasteiger partial charge in [0.2, 0.25) is 0 Å².